The van der Waals surface area contributed by atoms with E-state index < -0.39 is 0 Å². The van der Waals surface area contributed by atoms with E-state index in [1.807, 2.05) is 19.9 Å². The SMILES string of the molecule is Cc1cc(S)c(C)c(=S)[nH]1. The molecule has 0 amide bonds. The zero-order valence-electron chi connectivity index (χ0n) is 5.93. The lowest BCUT2D eigenvalue weighted by molar-refractivity contribution is 1.09. The van der Waals surface area contributed by atoms with E-state index in [4.69, 9.17) is 12.2 Å². The molecule has 10 heavy (non-hydrogen) atoms. The first-order valence-corrected chi connectivity index (χ1v) is 3.86. The van der Waals surface area contributed by atoms with Crippen LogP contribution in [-0.2, 0) is 0 Å². The molecular weight excluding hydrogens is 162 g/mol. The zero-order chi connectivity index (χ0) is 7.72. The van der Waals surface area contributed by atoms with Crippen molar-refractivity contribution in [2.24, 2.45) is 0 Å². The van der Waals surface area contributed by atoms with Gasteiger partial charge in [0.25, 0.3) is 0 Å². The maximum absolute atomic E-state index is 5.02. The standard InChI is InChI=1S/C7H9NS2/c1-4-3-6(9)5(2)7(10)8-4/h3H,1-2H3,(H2,8,9,10). The Bertz CT molecular complexity index is 301. The third kappa shape index (κ3) is 1.41. The average Bonchev–Trinajstić information content (AvgIpc) is 1.82. The van der Waals surface area contributed by atoms with Crippen molar-refractivity contribution in [3.05, 3.63) is 22.0 Å². The summed E-state index contributed by atoms with van der Waals surface area (Å²) in [5.41, 5.74) is 2.10. The summed E-state index contributed by atoms with van der Waals surface area (Å²) in [5.74, 6) is 0. The van der Waals surface area contributed by atoms with Crippen LogP contribution in [0.5, 0.6) is 0 Å². The van der Waals surface area contributed by atoms with Crippen LogP contribution >= 0.6 is 24.8 Å². The van der Waals surface area contributed by atoms with Gasteiger partial charge < -0.3 is 4.98 Å². The lowest BCUT2D eigenvalue weighted by Gasteiger charge is -1.99. The summed E-state index contributed by atoms with van der Waals surface area (Å²) in [6.07, 6.45) is 0. The smallest absolute Gasteiger partial charge is 0.107 e. The molecule has 1 aromatic heterocycles. The Kier molecular flexibility index (Phi) is 2.16. The van der Waals surface area contributed by atoms with Crippen LogP contribution in [0, 0.1) is 18.5 Å². The molecule has 0 saturated heterocycles. The van der Waals surface area contributed by atoms with Gasteiger partial charge in [-0.05, 0) is 25.5 Å². The Morgan fingerprint density at radius 2 is 2.10 bits per heavy atom. The van der Waals surface area contributed by atoms with Crippen LogP contribution in [0.1, 0.15) is 11.3 Å². The maximum Gasteiger partial charge on any atom is 0.107 e. The number of nitrogens with one attached hydrogen (secondary N) is 1. The van der Waals surface area contributed by atoms with E-state index in [2.05, 4.69) is 17.6 Å². The molecule has 0 saturated carbocycles. The fraction of sp³-hybridized carbons (Fsp3) is 0.286. The minimum absolute atomic E-state index is 0.782. The summed E-state index contributed by atoms with van der Waals surface area (Å²) in [7, 11) is 0. The maximum atomic E-state index is 5.02. The molecule has 1 aromatic rings. The highest BCUT2D eigenvalue weighted by molar-refractivity contribution is 7.80. The molecule has 0 spiro atoms. The first-order valence-electron chi connectivity index (χ1n) is 3.01. The summed E-state index contributed by atoms with van der Waals surface area (Å²) in [5, 5.41) is 0. The van der Waals surface area contributed by atoms with Gasteiger partial charge >= 0.3 is 0 Å². The minimum Gasteiger partial charge on any atom is -0.350 e. The number of H-pyrrole nitrogens is 1. The topological polar surface area (TPSA) is 15.8 Å². The minimum atomic E-state index is 0.782. The van der Waals surface area contributed by atoms with Crippen molar-refractivity contribution in [3.8, 4) is 0 Å². The van der Waals surface area contributed by atoms with Crippen molar-refractivity contribution in [1.82, 2.24) is 4.98 Å². The second-order valence-electron chi connectivity index (χ2n) is 2.29. The van der Waals surface area contributed by atoms with Crippen LogP contribution in [0.4, 0.5) is 0 Å². The molecule has 1 nitrogen and oxygen atoms in total. The molecule has 0 aliphatic heterocycles. The average molecular weight is 171 g/mol. The molecule has 0 aromatic carbocycles. The van der Waals surface area contributed by atoms with E-state index in [0.717, 1.165) is 20.8 Å². The van der Waals surface area contributed by atoms with E-state index >= 15 is 0 Å². The van der Waals surface area contributed by atoms with Crippen LogP contribution in [-0.4, -0.2) is 4.98 Å². The molecule has 3 heteroatoms. The largest absolute Gasteiger partial charge is 0.350 e. The highest BCUT2D eigenvalue weighted by Crippen LogP contribution is 2.13. The quantitative estimate of drug-likeness (QED) is 0.453. The van der Waals surface area contributed by atoms with Crippen LogP contribution < -0.4 is 0 Å². The molecule has 0 atom stereocenters. The van der Waals surface area contributed by atoms with Crippen LogP contribution in [0.25, 0.3) is 0 Å². The fourth-order valence-corrected chi connectivity index (χ4v) is 1.39. The Morgan fingerprint density at radius 1 is 1.50 bits per heavy atom. The number of aryl methyl sites for hydroxylation is 1. The lowest BCUT2D eigenvalue weighted by Crippen LogP contribution is -1.86. The van der Waals surface area contributed by atoms with Crippen molar-refractivity contribution in [2.45, 2.75) is 18.7 Å². The van der Waals surface area contributed by atoms with E-state index in [9.17, 15) is 0 Å². The van der Waals surface area contributed by atoms with Crippen molar-refractivity contribution in [2.75, 3.05) is 0 Å². The number of pyridine rings is 1. The second kappa shape index (κ2) is 2.76. The Balaban J connectivity index is 3.46. The monoisotopic (exact) mass is 171 g/mol. The molecule has 0 aliphatic carbocycles. The van der Waals surface area contributed by atoms with Crippen molar-refractivity contribution >= 4 is 24.8 Å². The molecule has 0 aliphatic rings. The van der Waals surface area contributed by atoms with Gasteiger partial charge in [-0.1, -0.05) is 12.2 Å². The Labute approximate surface area is 70.9 Å². The van der Waals surface area contributed by atoms with Crippen LogP contribution in [0.15, 0.2) is 11.0 Å². The molecule has 1 N–H and O–H groups in total. The van der Waals surface area contributed by atoms with Gasteiger partial charge in [-0.3, -0.25) is 0 Å². The Hall–Kier alpha value is -0.280. The van der Waals surface area contributed by atoms with Crippen LogP contribution in [0.3, 0.4) is 0 Å². The van der Waals surface area contributed by atoms with E-state index in [1.165, 1.54) is 0 Å². The Morgan fingerprint density at radius 3 is 2.60 bits per heavy atom. The number of hydrogen-bond donors (Lipinski definition) is 2. The van der Waals surface area contributed by atoms with Crippen molar-refractivity contribution in [1.29, 1.82) is 0 Å². The highest BCUT2D eigenvalue weighted by Gasteiger charge is 1.94. The van der Waals surface area contributed by atoms with Gasteiger partial charge in [0.15, 0.2) is 0 Å². The summed E-state index contributed by atoms with van der Waals surface area (Å²) in [4.78, 5) is 4.00. The molecular formula is C7H9NS2. The fourth-order valence-electron chi connectivity index (χ4n) is 0.739. The van der Waals surface area contributed by atoms with Gasteiger partial charge in [0.1, 0.15) is 4.64 Å². The summed E-state index contributed by atoms with van der Waals surface area (Å²) >= 11 is 9.27. The van der Waals surface area contributed by atoms with E-state index in [-0.39, 0.29) is 0 Å². The zero-order valence-corrected chi connectivity index (χ0v) is 7.64. The number of aromatic nitrogens is 1. The third-order valence-corrected chi connectivity index (χ3v) is 2.26. The molecule has 54 valence electrons. The molecule has 0 unspecified atom stereocenters. The van der Waals surface area contributed by atoms with Gasteiger partial charge in [0.2, 0.25) is 0 Å². The molecule has 0 fully saturated rings. The van der Waals surface area contributed by atoms with Crippen molar-refractivity contribution < 1.29 is 0 Å². The number of aromatic amines is 1. The lowest BCUT2D eigenvalue weighted by atomic mass is 10.3. The molecule has 1 heterocycles. The number of rotatable bonds is 0. The number of hydrogen-bond acceptors (Lipinski definition) is 2. The normalized spacial score (nSPS) is 9.90. The van der Waals surface area contributed by atoms with Gasteiger partial charge in [0.05, 0.1) is 0 Å². The molecule has 0 radical (unpaired) electrons. The summed E-state index contributed by atoms with van der Waals surface area (Å²) in [6.45, 7) is 3.93. The van der Waals surface area contributed by atoms with Crippen LogP contribution in [0.2, 0.25) is 0 Å². The van der Waals surface area contributed by atoms with Gasteiger partial charge in [-0.25, -0.2) is 0 Å². The highest BCUT2D eigenvalue weighted by atomic mass is 32.1. The van der Waals surface area contributed by atoms with Gasteiger partial charge in [-0.15, -0.1) is 12.6 Å². The summed E-state index contributed by atoms with van der Waals surface area (Å²) < 4.78 is 0.782. The first kappa shape index (κ1) is 7.82. The predicted molar refractivity (Wildman–Crippen MR) is 48.4 cm³/mol. The van der Waals surface area contributed by atoms with Gasteiger partial charge in [-0.2, -0.15) is 0 Å². The first-order chi connectivity index (χ1) is 4.61. The van der Waals surface area contributed by atoms with Crippen molar-refractivity contribution in [3.63, 3.8) is 0 Å². The van der Waals surface area contributed by atoms with E-state index in [0.29, 0.717) is 0 Å². The third-order valence-electron chi connectivity index (χ3n) is 1.39. The number of thiol groups is 1. The summed E-state index contributed by atoms with van der Waals surface area (Å²) in [6, 6.07) is 1.97. The second-order valence-corrected chi connectivity index (χ2v) is 3.18. The van der Waals surface area contributed by atoms with E-state index in [1.54, 1.807) is 0 Å². The van der Waals surface area contributed by atoms with Gasteiger partial charge in [0, 0.05) is 10.6 Å². The molecule has 0 bridgehead atoms. The predicted octanol–water partition coefficient (Wildman–Crippen LogP) is 2.65. The molecule has 1 rings (SSSR count).